The Morgan fingerprint density at radius 2 is 1.77 bits per heavy atom. The van der Waals surface area contributed by atoms with Crippen molar-refractivity contribution in [3.05, 3.63) is 34.9 Å². The number of benzene rings is 1. The number of esters is 2. The summed E-state index contributed by atoms with van der Waals surface area (Å²) in [5.74, 6) is -0.798. The second kappa shape index (κ2) is 6.95. The topological polar surface area (TPSA) is 52.6 Å². The lowest BCUT2D eigenvalue weighted by Crippen LogP contribution is -2.25. The van der Waals surface area contributed by atoms with Crippen molar-refractivity contribution >= 4 is 11.9 Å². The molecule has 2 rings (SSSR count). The van der Waals surface area contributed by atoms with Gasteiger partial charge in [-0.2, -0.15) is 0 Å². The smallest absolute Gasteiger partial charge is 0.338 e. The van der Waals surface area contributed by atoms with Crippen molar-refractivity contribution in [2.75, 3.05) is 0 Å². The normalized spacial score (nSPS) is 17.3. The van der Waals surface area contributed by atoms with E-state index >= 15 is 0 Å². The van der Waals surface area contributed by atoms with Gasteiger partial charge in [-0.3, -0.25) is 4.79 Å². The first-order valence-electron chi connectivity index (χ1n) is 7.93. The van der Waals surface area contributed by atoms with E-state index in [2.05, 4.69) is 0 Å². The van der Waals surface area contributed by atoms with Crippen molar-refractivity contribution in [1.29, 1.82) is 0 Å². The van der Waals surface area contributed by atoms with Crippen LogP contribution in [0.25, 0.3) is 0 Å². The van der Waals surface area contributed by atoms with Crippen LogP contribution in [0.5, 0.6) is 0 Å². The lowest BCUT2D eigenvalue weighted by molar-refractivity contribution is -0.149. The van der Waals surface area contributed by atoms with Gasteiger partial charge in [0.1, 0.15) is 0 Å². The van der Waals surface area contributed by atoms with E-state index in [-0.39, 0.29) is 30.1 Å². The zero-order chi connectivity index (χ0) is 16.3. The van der Waals surface area contributed by atoms with Crippen LogP contribution in [-0.4, -0.2) is 24.1 Å². The molecule has 1 aromatic rings. The fraction of sp³-hybridized carbons (Fsp3) is 0.556. The van der Waals surface area contributed by atoms with E-state index in [1.54, 1.807) is 6.07 Å². The standard InChI is InChI=1S/C18H24O4/c1-11(2)21-17(19)15-9-5-8-14-13(15)7-6-10-16(14)18(20)22-12(3)4/h5,8-9,11-12,16H,6-7,10H2,1-4H3. The van der Waals surface area contributed by atoms with Gasteiger partial charge in [0.2, 0.25) is 0 Å². The molecule has 4 nitrogen and oxygen atoms in total. The van der Waals surface area contributed by atoms with Gasteiger partial charge in [-0.25, -0.2) is 4.79 Å². The summed E-state index contributed by atoms with van der Waals surface area (Å²) in [6.45, 7) is 7.35. The highest BCUT2D eigenvalue weighted by molar-refractivity contribution is 5.92. The number of hydrogen-bond donors (Lipinski definition) is 0. The van der Waals surface area contributed by atoms with E-state index < -0.39 is 0 Å². The van der Waals surface area contributed by atoms with Crippen molar-refractivity contribution in [2.45, 2.75) is 65.1 Å². The molecule has 0 saturated carbocycles. The summed E-state index contributed by atoms with van der Waals surface area (Å²) >= 11 is 0. The van der Waals surface area contributed by atoms with Gasteiger partial charge in [-0.15, -0.1) is 0 Å². The third-order valence-electron chi connectivity index (χ3n) is 3.71. The molecular weight excluding hydrogens is 280 g/mol. The Kier molecular flexibility index (Phi) is 5.22. The van der Waals surface area contributed by atoms with E-state index in [0.717, 1.165) is 30.4 Å². The number of carbonyl (C=O) groups excluding carboxylic acids is 2. The Labute approximate surface area is 131 Å². The molecule has 0 heterocycles. The molecule has 1 aliphatic carbocycles. The van der Waals surface area contributed by atoms with Crippen molar-refractivity contribution in [2.24, 2.45) is 0 Å². The number of carbonyl (C=O) groups is 2. The van der Waals surface area contributed by atoms with Gasteiger partial charge in [0.15, 0.2) is 0 Å². The van der Waals surface area contributed by atoms with E-state index in [4.69, 9.17) is 9.47 Å². The maximum Gasteiger partial charge on any atom is 0.338 e. The quantitative estimate of drug-likeness (QED) is 0.797. The Morgan fingerprint density at radius 1 is 1.09 bits per heavy atom. The highest BCUT2D eigenvalue weighted by atomic mass is 16.5. The summed E-state index contributed by atoms with van der Waals surface area (Å²) in [5, 5.41) is 0. The Hall–Kier alpha value is -1.84. The van der Waals surface area contributed by atoms with Gasteiger partial charge in [-0.1, -0.05) is 12.1 Å². The van der Waals surface area contributed by atoms with E-state index in [9.17, 15) is 9.59 Å². The highest BCUT2D eigenvalue weighted by Gasteiger charge is 2.31. The van der Waals surface area contributed by atoms with Crippen LogP contribution in [0.3, 0.4) is 0 Å². The number of fused-ring (bicyclic) bond motifs is 1. The molecule has 120 valence electrons. The van der Waals surface area contributed by atoms with Crippen LogP contribution in [0.4, 0.5) is 0 Å². The fourth-order valence-electron chi connectivity index (χ4n) is 2.88. The van der Waals surface area contributed by atoms with Crippen LogP contribution in [-0.2, 0) is 20.7 Å². The molecule has 0 fully saturated rings. The molecule has 0 radical (unpaired) electrons. The minimum atomic E-state index is -0.315. The molecule has 0 saturated heterocycles. The zero-order valence-corrected chi connectivity index (χ0v) is 13.7. The Morgan fingerprint density at radius 3 is 2.41 bits per heavy atom. The van der Waals surface area contributed by atoms with E-state index in [1.807, 2.05) is 39.8 Å². The summed E-state index contributed by atoms with van der Waals surface area (Å²) in [6.07, 6.45) is 2.14. The van der Waals surface area contributed by atoms with Crippen molar-refractivity contribution in [3.63, 3.8) is 0 Å². The Bertz CT molecular complexity index is 560. The average molecular weight is 304 g/mol. The highest BCUT2D eigenvalue weighted by Crippen LogP contribution is 2.35. The van der Waals surface area contributed by atoms with E-state index in [0.29, 0.717) is 5.56 Å². The largest absolute Gasteiger partial charge is 0.463 e. The predicted octanol–water partition coefficient (Wildman–Crippen LogP) is 3.62. The van der Waals surface area contributed by atoms with Gasteiger partial charge >= 0.3 is 11.9 Å². The summed E-state index contributed by atoms with van der Waals surface area (Å²) in [6, 6.07) is 5.52. The van der Waals surface area contributed by atoms with Gasteiger partial charge < -0.3 is 9.47 Å². The third-order valence-corrected chi connectivity index (χ3v) is 3.71. The molecule has 1 aliphatic rings. The summed E-state index contributed by atoms with van der Waals surface area (Å²) in [5.41, 5.74) is 2.42. The second-order valence-electron chi connectivity index (χ2n) is 6.26. The maximum atomic E-state index is 12.3. The fourth-order valence-corrected chi connectivity index (χ4v) is 2.88. The van der Waals surface area contributed by atoms with Crippen LogP contribution >= 0.6 is 0 Å². The molecular formula is C18H24O4. The minimum absolute atomic E-state index is 0.132. The molecule has 22 heavy (non-hydrogen) atoms. The molecule has 0 amide bonds. The summed E-state index contributed by atoms with van der Waals surface area (Å²) in [7, 11) is 0. The number of rotatable bonds is 4. The first-order valence-corrected chi connectivity index (χ1v) is 7.93. The average Bonchev–Trinajstić information content (AvgIpc) is 2.44. The molecule has 0 aliphatic heterocycles. The monoisotopic (exact) mass is 304 g/mol. The maximum absolute atomic E-state index is 12.3. The van der Waals surface area contributed by atoms with Gasteiger partial charge in [-0.05, 0) is 64.2 Å². The van der Waals surface area contributed by atoms with Crippen LogP contribution in [0.2, 0.25) is 0 Å². The van der Waals surface area contributed by atoms with Crippen molar-refractivity contribution < 1.29 is 19.1 Å². The molecule has 0 spiro atoms. The van der Waals surface area contributed by atoms with Crippen LogP contribution in [0.1, 0.15) is 67.9 Å². The predicted molar refractivity (Wildman–Crippen MR) is 83.9 cm³/mol. The first-order chi connectivity index (χ1) is 10.4. The molecule has 1 unspecified atom stereocenters. The summed E-state index contributed by atoms with van der Waals surface area (Å²) < 4.78 is 10.7. The van der Waals surface area contributed by atoms with Gasteiger partial charge in [0.25, 0.3) is 0 Å². The Balaban J connectivity index is 2.32. The van der Waals surface area contributed by atoms with Crippen LogP contribution in [0, 0.1) is 0 Å². The van der Waals surface area contributed by atoms with Gasteiger partial charge in [0.05, 0.1) is 23.7 Å². The van der Waals surface area contributed by atoms with Crippen molar-refractivity contribution in [1.82, 2.24) is 0 Å². The molecule has 0 bridgehead atoms. The SMILES string of the molecule is CC(C)OC(=O)c1cccc2c1CCCC2C(=O)OC(C)C. The summed E-state index contributed by atoms with van der Waals surface area (Å²) in [4.78, 5) is 24.5. The molecule has 0 aromatic heterocycles. The number of ether oxygens (including phenoxy) is 2. The van der Waals surface area contributed by atoms with Crippen LogP contribution in [0.15, 0.2) is 18.2 Å². The van der Waals surface area contributed by atoms with E-state index in [1.165, 1.54) is 0 Å². The number of hydrogen-bond acceptors (Lipinski definition) is 4. The second-order valence-corrected chi connectivity index (χ2v) is 6.26. The molecule has 0 N–H and O–H groups in total. The molecule has 1 atom stereocenters. The molecule has 4 heteroatoms. The van der Waals surface area contributed by atoms with Gasteiger partial charge in [0, 0.05) is 0 Å². The van der Waals surface area contributed by atoms with Crippen molar-refractivity contribution in [3.8, 4) is 0 Å². The zero-order valence-electron chi connectivity index (χ0n) is 13.7. The lowest BCUT2D eigenvalue weighted by Gasteiger charge is -2.26. The lowest BCUT2D eigenvalue weighted by atomic mass is 9.80. The minimum Gasteiger partial charge on any atom is -0.463 e. The van der Waals surface area contributed by atoms with Crippen LogP contribution < -0.4 is 0 Å². The first kappa shape index (κ1) is 16.5. The third kappa shape index (κ3) is 3.67. The molecule has 1 aromatic carbocycles.